The van der Waals surface area contributed by atoms with Crippen LogP contribution in [0.2, 0.25) is 0 Å². The third-order valence-corrected chi connectivity index (χ3v) is 1.74. The second-order valence-corrected chi connectivity index (χ2v) is 4.44. The maximum atomic E-state index is 10.6. The number of ether oxygens (including phenoxy) is 3. The minimum Gasteiger partial charge on any atom is -0.481 e. The average Bonchev–Trinajstić information content (AvgIpc) is 2.42. The summed E-state index contributed by atoms with van der Waals surface area (Å²) in [5.41, 5.74) is 1.22. The maximum absolute atomic E-state index is 10.6. The van der Waals surface area contributed by atoms with Gasteiger partial charge in [-0.15, -0.1) is 0 Å². The molecule has 0 aromatic heterocycles. The molecule has 0 radical (unpaired) electrons. The summed E-state index contributed by atoms with van der Waals surface area (Å²) in [6, 6.07) is 0. The first-order chi connectivity index (χ1) is 11.1. The summed E-state index contributed by atoms with van der Waals surface area (Å²) < 4.78 is 14.0. The Balaban J connectivity index is -0.000000405. The van der Waals surface area contributed by atoms with Crippen molar-refractivity contribution in [2.45, 2.75) is 46.6 Å². The van der Waals surface area contributed by atoms with Crippen molar-refractivity contribution >= 4 is 35.5 Å². The van der Waals surface area contributed by atoms with Gasteiger partial charge in [-0.1, -0.05) is 25.1 Å². The third-order valence-electron chi connectivity index (χ3n) is 1.74. The van der Waals surface area contributed by atoms with Gasteiger partial charge in [-0.3, -0.25) is 19.2 Å². The number of halogens is 1. The van der Waals surface area contributed by atoms with Gasteiger partial charge in [0.05, 0.1) is 0 Å². The van der Waals surface area contributed by atoms with Crippen LogP contribution in [0.25, 0.3) is 0 Å². The highest BCUT2D eigenvalue weighted by Gasteiger charge is 2.15. The van der Waals surface area contributed by atoms with Crippen LogP contribution in [0.5, 0.6) is 0 Å². The summed E-state index contributed by atoms with van der Waals surface area (Å²) in [6.07, 6.45) is 0.269. The van der Waals surface area contributed by atoms with E-state index in [1.54, 1.807) is 0 Å². The van der Waals surface area contributed by atoms with E-state index in [0.717, 1.165) is 6.42 Å². The first-order valence-corrected chi connectivity index (χ1v) is 7.41. The van der Waals surface area contributed by atoms with E-state index in [4.69, 9.17) is 21.4 Å². The number of carbonyl (C=O) groups excluding carboxylic acids is 3. The molecule has 140 valence electrons. The highest BCUT2D eigenvalue weighted by Crippen LogP contribution is 1.97. The first kappa shape index (κ1) is 26.8. The van der Waals surface area contributed by atoms with Crippen LogP contribution >= 0.6 is 11.6 Å². The highest BCUT2D eigenvalue weighted by atomic mass is 35.5. The van der Waals surface area contributed by atoms with Crippen LogP contribution in [0.3, 0.4) is 0 Å². The smallest absolute Gasteiger partial charge is 0.303 e. The first-order valence-electron chi connectivity index (χ1n) is 6.97. The molecule has 0 aromatic carbocycles. The number of hydrogen-bond acceptors (Lipinski definition) is 7. The molecule has 0 amide bonds. The highest BCUT2D eigenvalue weighted by molar-refractivity contribution is 6.25. The van der Waals surface area contributed by atoms with Crippen LogP contribution in [0.4, 0.5) is 0 Å². The zero-order chi connectivity index (χ0) is 19.5. The maximum Gasteiger partial charge on any atom is 0.303 e. The molecule has 0 spiro atoms. The number of hydrogen-bond donors (Lipinski definition) is 1. The fourth-order valence-corrected chi connectivity index (χ4v) is 0.985. The second kappa shape index (κ2) is 19.0. The lowest BCUT2D eigenvalue weighted by Crippen LogP contribution is -2.29. The Morgan fingerprint density at radius 3 is 1.58 bits per heavy atom. The molecule has 0 saturated heterocycles. The molecular weight excluding hydrogens is 344 g/mol. The second-order valence-electron chi connectivity index (χ2n) is 4.13. The van der Waals surface area contributed by atoms with Gasteiger partial charge in [-0.05, 0) is 12.0 Å². The van der Waals surface area contributed by atoms with Gasteiger partial charge in [-0.2, -0.15) is 0 Å². The zero-order valence-electron chi connectivity index (χ0n) is 14.4. The van der Waals surface area contributed by atoms with E-state index in [0.29, 0.717) is 6.42 Å². The van der Waals surface area contributed by atoms with Gasteiger partial charge in [-0.25, -0.2) is 0 Å². The molecule has 24 heavy (non-hydrogen) atoms. The van der Waals surface area contributed by atoms with Crippen molar-refractivity contribution in [2.24, 2.45) is 0 Å². The van der Waals surface area contributed by atoms with E-state index < -0.39 is 30.0 Å². The Hall–Kier alpha value is -2.09. The average molecular weight is 369 g/mol. The van der Waals surface area contributed by atoms with Gasteiger partial charge in [0.25, 0.3) is 0 Å². The molecule has 0 rings (SSSR count). The Bertz CT molecular complexity index is 377. The van der Waals surface area contributed by atoms with Crippen LogP contribution in [0.1, 0.15) is 40.5 Å². The van der Waals surface area contributed by atoms with E-state index in [2.05, 4.69) is 16.1 Å². The predicted octanol–water partition coefficient (Wildman–Crippen LogP) is 2.28. The Kier molecular flexibility index (Phi) is 21.2. The normalized spacial score (nSPS) is 8.58. The summed E-state index contributed by atoms with van der Waals surface area (Å²) in [7, 11) is 0. The summed E-state index contributed by atoms with van der Waals surface area (Å²) in [4.78, 5) is 41.2. The molecule has 0 aliphatic heterocycles. The van der Waals surface area contributed by atoms with Crippen molar-refractivity contribution in [3.8, 4) is 0 Å². The minimum atomic E-state index is -0.754. The van der Waals surface area contributed by atoms with Gasteiger partial charge in [0.1, 0.15) is 13.2 Å². The Labute approximate surface area is 146 Å². The number of carbonyl (C=O) groups is 4. The van der Waals surface area contributed by atoms with Crippen molar-refractivity contribution in [1.82, 2.24) is 0 Å². The lowest BCUT2D eigenvalue weighted by molar-refractivity contribution is -0.163. The molecule has 0 saturated carbocycles. The molecule has 0 unspecified atom stereocenters. The number of rotatable bonds is 7. The number of carboxylic acid groups (broad SMARTS) is 1. The summed E-state index contributed by atoms with van der Waals surface area (Å²) in [5.74, 6) is -2.22. The number of esters is 3. The van der Waals surface area contributed by atoms with Crippen molar-refractivity contribution < 1.29 is 38.5 Å². The monoisotopic (exact) mass is 368 g/mol. The summed E-state index contributed by atoms with van der Waals surface area (Å²) in [5, 5.41) is 7.91. The molecule has 0 aromatic rings. The van der Waals surface area contributed by atoms with Gasteiger partial charge >= 0.3 is 23.9 Å². The molecule has 0 heterocycles. The standard InChI is InChI=1S/C9H14O6.C4H8O2.C2H3Cl/c1-6(10)13-4-9(15-8(3)12)5-14-7(2)11;1-2-3-4(5)6;1-2-3/h9H,4-5H2,1-3H3;2-3H2,1H3,(H,5,6);2H,1H2. The fourth-order valence-electron chi connectivity index (χ4n) is 0.985. The van der Waals surface area contributed by atoms with Gasteiger partial charge in [0.2, 0.25) is 0 Å². The molecule has 1 N–H and O–H groups in total. The SMILES string of the molecule is C=CCl.CC(=O)OCC(COC(C)=O)OC(C)=O.CCCC(=O)O. The zero-order valence-corrected chi connectivity index (χ0v) is 15.1. The van der Waals surface area contributed by atoms with E-state index >= 15 is 0 Å². The Morgan fingerprint density at radius 2 is 1.42 bits per heavy atom. The lowest BCUT2D eigenvalue weighted by atomic mass is 10.4. The van der Waals surface area contributed by atoms with Crippen LogP contribution in [-0.2, 0) is 33.4 Å². The number of aliphatic carboxylic acids is 1. The van der Waals surface area contributed by atoms with Gasteiger partial charge < -0.3 is 19.3 Å². The lowest BCUT2D eigenvalue weighted by Gasteiger charge is -2.15. The van der Waals surface area contributed by atoms with Gasteiger partial charge in [0.15, 0.2) is 6.10 Å². The third kappa shape index (κ3) is 32.0. The molecule has 8 nitrogen and oxygen atoms in total. The predicted molar refractivity (Wildman–Crippen MR) is 87.4 cm³/mol. The molecular formula is C15H25ClO8. The molecule has 0 fully saturated rings. The van der Waals surface area contributed by atoms with Crippen LogP contribution in [-0.4, -0.2) is 48.3 Å². The van der Waals surface area contributed by atoms with Crippen LogP contribution in [0.15, 0.2) is 12.1 Å². The van der Waals surface area contributed by atoms with E-state index in [1.807, 2.05) is 6.92 Å². The molecule has 0 atom stereocenters. The van der Waals surface area contributed by atoms with Gasteiger partial charge in [0, 0.05) is 27.2 Å². The Morgan fingerprint density at radius 1 is 1.04 bits per heavy atom. The fraction of sp³-hybridized carbons (Fsp3) is 0.600. The van der Waals surface area contributed by atoms with E-state index in [-0.39, 0.29) is 13.2 Å². The molecule has 0 bridgehead atoms. The van der Waals surface area contributed by atoms with Crippen molar-refractivity contribution in [1.29, 1.82) is 0 Å². The van der Waals surface area contributed by atoms with Crippen molar-refractivity contribution in [3.05, 3.63) is 12.1 Å². The largest absolute Gasteiger partial charge is 0.481 e. The van der Waals surface area contributed by atoms with Crippen LogP contribution < -0.4 is 0 Å². The minimum absolute atomic E-state index is 0.123. The van der Waals surface area contributed by atoms with Crippen molar-refractivity contribution in [3.63, 3.8) is 0 Å². The number of carboxylic acids is 1. The quantitative estimate of drug-likeness (QED) is 0.537. The summed E-state index contributed by atoms with van der Waals surface area (Å²) >= 11 is 4.76. The topological polar surface area (TPSA) is 116 Å². The van der Waals surface area contributed by atoms with E-state index in [9.17, 15) is 19.2 Å². The van der Waals surface area contributed by atoms with Crippen molar-refractivity contribution in [2.75, 3.05) is 13.2 Å². The molecule has 0 aliphatic rings. The summed E-state index contributed by atoms with van der Waals surface area (Å²) in [6.45, 7) is 8.40. The van der Waals surface area contributed by atoms with E-state index in [1.165, 1.54) is 26.3 Å². The molecule has 9 heteroatoms. The van der Waals surface area contributed by atoms with Crippen LogP contribution in [0, 0.1) is 0 Å². The molecule has 0 aliphatic carbocycles.